The van der Waals surface area contributed by atoms with Gasteiger partial charge in [0.05, 0.1) is 5.41 Å². The van der Waals surface area contributed by atoms with Crippen molar-refractivity contribution in [2.45, 2.75) is 32.1 Å². The van der Waals surface area contributed by atoms with Gasteiger partial charge < -0.3 is 9.72 Å². The number of aromatic amines is 1. The number of hydrogen-bond donors (Lipinski definition) is 1. The van der Waals surface area contributed by atoms with Crippen molar-refractivity contribution in [2.24, 2.45) is 0 Å². The molecule has 1 fully saturated rings. The van der Waals surface area contributed by atoms with Gasteiger partial charge in [0, 0.05) is 24.5 Å². The second-order valence-corrected chi connectivity index (χ2v) is 5.69. The summed E-state index contributed by atoms with van der Waals surface area (Å²) in [6.45, 7) is 5.08. The van der Waals surface area contributed by atoms with Gasteiger partial charge in [-0.25, -0.2) is 4.98 Å². The Hall–Kier alpha value is -1.94. The Morgan fingerprint density at radius 3 is 2.43 bits per heavy atom. The van der Waals surface area contributed by atoms with Crippen molar-refractivity contribution in [3.05, 3.63) is 63.3 Å². The fraction of sp³-hybridized carbons (Fsp3) is 0.412. The third kappa shape index (κ3) is 2.40. The molecule has 4 nitrogen and oxygen atoms in total. The average Bonchev–Trinajstić information content (AvgIpc) is 2.53. The first kappa shape index (κ1) is 14.0. The van der Waals surface area contributed by atoms with Crippen molar-refractivity contribution in [1.82, 2.24) is 9.97 Å². The largest absolute Gasteiger partial charge is 0.381 e. The highest BCUT2D eigenvalue weighted by Gasteiger charge is 2.38. The first-order valence-electron chi connectivity index (χ1n) is 7.35. The van der Waals surface area contributed by atoms with E-state index >= 15 is 0 Å². The maximum absolute atomic E-state index is 12.2. The number of hydrogen-bond acceptors (Lipinski definition) is 3. The number of nitrogens with zero attached hydrogens (tertiary/aromatic N) is 1. The fourth-order valence-corrected chi connectivity index (χ4v) is 3.01. The van der Waals surface area contributed by atoms with Crippen molar-refractivity contribution < 1.29 is 4.74 Å². The number of aryl methyl sites for hydroxylation is 1. The van der Waals surface area contributed by atoms with Gasteiger partial charge in [0.25, 0.3) is 5.56 Å². The first-order valence-corrected chi connectivity index (χ1v) is 7.35. The monoisotopic (exact) mass is 284 g/mol. The van der Waals surface area contributed by atoms with Gasteiger partial charge in [0.1, 0.15) is 5.82 Å². The molecule has 0 aliphatic carbocycles. The van der Waals surface area contributed by atoms with E-state index in [0.29, 0.717) is 18.8 Å². The summed E-state index contributed by atoms with van der Waals surface area (Å²) in [6.07, 6.45) is 1.67. The van der Waals surface area contributed by atoms with E-state index in [0.717, 1.165) is 24.4 Å². The summed E-state index contributed by atoms with van der Waals surface area (Å²) in [5.74, 6) is 0.769. The molecule has 1 saturated heterocycles. The summed E-state index contributed by atoms with van der Waals surface area (Å²) in [6, 6.07) is 10.3. The topological polar surface area (TPSA) is 55.0 Å². The van der Waals surface area contributed by atoms with E-state index in [1.165, 1.54) is 5.56 Å². The number of H-pyrrole nitrogens is 1. The summed E-state index contributed by atoms with van der Waals surface area (Å²) < 4.78 is 5.53. The zero-order valence-corrected chi connectivity index (χ0v) is 12.5. The molecule has 3 rings (SSSR count). The van der Waals surface area contributed by atoms with Crippen LogP contribution in [0.15, 0.2) is 35.1 Å². The van der Waals surface area contributed by atoms with E-state index in [1.807, 2.05) is 32.0 Å². The predicted octanol–water partition coefficient (Wildman–Crippen LogP) is 2.48. The lowest BCUT2D eigenvalue weighted by molar-refractivity contribution is 0.0603. The molecule has 0 bridgehead atoms. The van der Waals surface area contributed by atoms with Gasteiger partial charge in [0.2, 0.25) is 0 Å². The van der Waals surface area contributed by atoms with Crippen LogP contribution in [0.2, 0.25) is 0 Å². The van der Waals surface area contributed by atoms with E-state index in [4.69, 9.17) is 9.72 Å². The maximum Gasteiger partial charge on any atom is 0.254 e. The van der Waals surface area contributed by atoms with Crippen LogP contribution < -0.4 is 5.56 Å². The maximum atomic E-state index is 12.2. The van der Waals surface area contributed by atoms with E-state index in [2.05, 4.69) is 17.1 Å². The Kier molecular flexibility index (Phi) is 3.64. The van der Waals surface area contributed by atoms with Crippen LogP contribution in [0.4, 0.5) is 0 Å². The molecule has 1 N–H and O–H groups in total. The highest BCUT2D eigenvalue weighted by atomic mass is 16.5. The minimum atomic E-state index is -0.253. The lowest BCUT2D eigenvalue weighted by Crippen LogP contribution is -2.38. The molecule has 110 valence electrons. The van der Waals surface area contributed by atoms with Gasteiger partial charge in [-0.05, 0) is 32.3 Å². The van der Waals surface area contributed by atoms with Crippen molar-refractivity contribution in [3.63, 3.8) is 0 Å². The Balaban J connectivity index is 2.19. The smallest absolute Gasteiger partial charge is 0.254 e. The Bertz CT molecular complexity index is 686. The summed E-state index contributed by atoms with van der Waals surface area (Å²) in [4.78, 5) is 19.8. The summed E-state index contributed by atoms with van der Waals surface area (Å²) >= 11 is 0. The number of rotatable bonds is 2. The van der Waals surface area contributed by atoms with Crippen molar-refractivity contribution in [2.75, 3.05) is 13.2 Å². The highest BCUT2D eigenvalue weighted by molar-refractivity contribution is 5.34. The zero-order valence-electron chi connectivity index (χ0n) is 12.5. The molecular formula is C17H20N2O2. The molecule has 2 heterocycles. The number of aromatic nitrogens is 2. The highest BCUT2D eigenvalue weighted by Crippen LogP contribution is 2.39. The van der Waals surface area contributed by atoms with E-state index < -0.39 is 0 Å². The molecule has 0 saturated carbocycles. The molecule has 0 radical (unpaired) electrons. The Morgan fingerprint density at radius 2 is 1.81 bits per heavy atom. The van der Waals surface area contributed by atoms with E-state index in [9.17, 15) is 4.79 Å². The third-order valence-electron chi connectivity index (χ3n) is 4.52. The zero-order chi connectivity index (χ0) is 14.9. The van der Waals surface area contributed by atoms with Gasteiger partial charge in [0.15, 0.2) is 0 Å². The van der Waals surface area contributed by atoms with Crippen molar-refractivity contribution in [3.8, 4) is 0 Å². The van der Waals surface area contributed by atoms with Crippen LogP contribution in [0.3, 0.4) is 0 Å². The number of ether oxygens (including phenoxy) is 1. The quantitative estimate of drug-likeness (QED) is 0.921. The molecule has 1 aromatic heterocycles. The molecule has 1 aliphatic heterocycles. The lowest BCUT2D eigenvalue weighted by Gasteiger charge is -2.37. The average molecular weight is 284 g/mol. The van der Waals surface area contributed by atoms with Crippen LogP contribution >= 0.6 is 0 Å². The molecule has 1 aromatic carbocycles. The van der Waals surface area contributed by atoms with Gasteiger partial charge in [-0.1, -0.05) is 30.3 Å². The molecule has 21 heavy (non-hydrogen) atoms. The first-order chi connectivity index (χ1) is 10.1. The predicted molar refractivity (Wildman–Crippen MR) is 81.6 cm³/mol. The van der Waals surface area contributed by atoms with Crippen LogP contribution in [0, 0.1) is 13.8 Å². The molecular weight excluding hydrogens is 264 g/mol. The van der Waals surface area contributed by atoms with E-state index in [1.54, 1.807) is 0 Å². The Labute approximate surface area is 124 Å². The second-order valence-electron chi connectivity index (χ2n) is 5.69. The van der Waals surface area contributed by atoms with E-state index in [-0.39, 0.29) is 11.0 Å². The minimum absolute atomic E-state index is 0.0423. The van der Waals surface area contributed by atoms with Crippen LogP contribution in [-0.4, -0.2) is 23.2 Å². The fourth-order valence-electron chi connectivity index (χ4n) is 3.01. The molecule has 1 aliphatic rings. The summed E-state index contributed by atoms with van der Waals surface area (Å²) in [5.41, 5.74) is 2.39. The van der Waals surface area contributed by atoms with Crippen LogP contribution in [-0.2, 0) is 10.2 Å². The van der Waals surface area contributed by atoms with Gasteiger partial charge in [-0.2, -0.15) is 0 Å². The minimum Gasteiger partial charge on any atom is -0.381 e. The third-order valence-corrected chi connectivity index (χ3v) is 4.52. The van der Waals surface area contributed by atoms with Crippen molar-refractivity contribution >= 4 is 0 Å². The summed E-state index contributed by atoms with van der Waals surface area (Å²) in [5, 5.41) is 0. The Morgan fingerprint density at radius 1 is 1.14 bits per heavy atom. The lowest BCUT2D eigenvalue weighted by atomic mass is 9.73. The van der Waals surface area contributed by atoms with Crippen LogP contribution in [0.5, 0.6) is 0 Å². The SMILES string of the molecule is Cc1nc(C2(c3ccccc3)CCOCC2)[nH]c(=O)c1C. The van der Waals surface area contributed by atoms with Gasteiger partial charge in [-0.15, -0.1) is 0 Å². The molecule has 4 heteroatoms. The standard InChI is InChI=1S/C17H20N2O2/c1-12-13(2)18-16(19-15(12)20)17(8-10-21-11-9-17)14-6-4-3-5-7-14/h3-7H,8-11H2,1-2H3,(H,18,19,20). The van der Waals surface area contributed by atoms with Gasteiger partial charge in [-0.3, -0.25) is 4.79 Å². The van der Waals surface area contributed by atoms with Crippen LogP contribution in [0.25, 0.3) is 0 Å². The van der Waals surface area contributed by atoms with Crippen molar-refractivity contribution in [1.29, 1.82) is 0 Å². The second kappa shape index (κ2) is 5.45. The normalized spacial score (nSPS) is 17.6. The molecule has 2 aromatic rings. The number of nitrogens with one attached hydrogen (secondary N) is 1. The molecule has 0 amide bonds. The summed E-state index contributed by atoms with van der Waals surface area (Å²) in [7, 11) is 0. The molecule has 0 unspecified atom stereocenters. The number of benzene rings is 1. The molecule has 0 atom stereocenters. The van der Waals surface area contributed by atoms with Crippen LogP contribution in [0.1, 0.15) is 35.5 Å². The van der Waals surface area contributed by atoms with Gasteiger partial charge >= 0.3 is 0 Å². The molecule has 0 spiro atoms.